The summed E-state index contributed by atoms with van der Waals surface area (Å²) in [6, 6.07) is 13.6. The molecule has 5 rings (SSSR count). The van der Waals surface area contributed by atoms with Crippen LogP contribution in [0.1, 0.15) is 59.1 Å². The van der Waals surface area contributed by atoms with Crippen molar-refractivity contribution in [3.63, 3.8) is 0 Å². The first-order valence-electron chi connectivity index (χ1n) is 10.8. The first-order chi connectivity index (χ1) is 15.3. The number of hydrogen-bond donors (Lipinski definition) is 3. The maximum atomic E-state index is 13.1. The molecule has 3 aromatic rings. The Balaban J connectivity index is 1.54. The van der Waals surface area contributed by atoms with Gasteiger partial charge in [0.2, 0.25) is 0 Å². The molecule has 0 spiro atoms. The molecule has 3 heterocycles. The van der Waals surface area contributed by atoms with Crippen molar-refractivity contribution < 1.29 is 14.7 Å². The van der Waals surface area contributed by atoms with Gasteiger partial charge in [-0.2, -0.15) is 0 Å². The normalized spacial score (nSPS) is 17.8. The number of rotatable bonds is 4. The molecule has 0 radical (unpaired) electrons. The van der Waals surface area contributed by atoms with E-state index in [1.165, 1.54) is 13.8 Å². The minimum absolute atomic E-state index is 0.0532. The minimum atomic E-state index is -1.42. The highest BCUT2D eigenvalue weighted by Crippen LogP contribution is 2.40. The van der Waals surface area contributed by atoms with Crippen molar-refractivity contribution in [2.75, 3.05) is 6.54 Å². The molecule has 3 N–H and O–H groups in total. The van der Waals surface area contributed by atoms with Gasteiger partial charge in [-0.1, -0.05) is 24.3 Å². The van der Waals surface area contributed by atoms with E-state index in [1.807, 2.05) is 42.5 Å². The highest BCUT2D eigenvalue weighted by atomic mass is 16.3. The quantitative estimate of drug-likeness (QED) is 0.591. The molecule has 1 amide bonds. The van der Waals surface area contributed by atoms with Crippen LogP contribution in [0.4, 0.5) is 0 Å². The summed E-state index contributed by atoms with van der Waals surface area (Å²) in [5.41, 5.74) is 5.65. The molecule has 6 heteroatoms. The Labute approximate surface area is 186 Å². The lowest BCUT2D eigenvalue weighted by atomic mass is 9.76. The van der Waals surface area contributed by atoms with E-state index in [4.69, 9.17) is 0 Å². The van der Waals surface area contributed by atoms with E-state index >= 15 is 0 Å². The number of carbonyl (C=O) groups excluding carboxylic acids is 2. The average molecular weight is 428 g/mol. The Hall–Kier alpha value is -3.51. The molecule has 1 unspecified atom stereocenters. The Morgan fingerprint density at radius 1 is 1.19 bits per heavy atom. The van der Waals surface area contributed by atoms with Crippen molar-refractivity contribution in [1.82, 2.24) is 15.3 Å². The number of pyridine rings is 1. The first kappa shape index (κ1) is 20.4. The largest absolute Gasteiger partial charge is 0.383 e. The summed E-state index contributed by atoms with van der Waals surface area (Å²) >= 11 is 0. The second kappa shape index (κ2) is 7.57. The monoisotopic (exact) mass is 427 g/mol. The van der Waals surface area contributed by atoms with Crippen molar-refractivity contribution >= 4 is 23.3 Å². The van der Waals surface area contributed by atoms with Crippen LogP contribution in [0.15, 0.2) is 48.7 Å². The number of aliphatic hydroxyl groups is 1. The van der Waals surface area contributed by atoms with Gasteiger partial charge in [0.15, 0.2) is 5.78 Å². The number of aromatic nitrogens is 2. The fourth-order valence-corrected chi connectivity index (χ4v) is 4.60. The van der Waals surface area contributed by atoms with Gasteiger partial charge in [-0.25, -0.2) is 0 Å². The molecular formula is C26H25N3O3. The van der Waals surface area contributed by atoms with E-state index in [2.05, 4.69) is 21.4 Å². The molecule has 1 aliphatic heterocycles. The van der Waals surface area contributed by atoms with Gasteiger partial charge >= 0.3 is 0 Å². The summed E-state index contributed by atoms with van der Waals surface area (Å²) in [6.45, 7) is 3.71. The number of benzene rings is 1. The molecule has 2 aromatic heterocycles. The smallest absolute Gasteiger partial charge is 0.253 e. The zero-order valence-corrected chi connectivity index (χ0v) is 18.1. The molecule has 0 bridgehead atoms. The lowest BCUT2D eigenvalue weighted by Gasteiger charge is -2.29. The van der Waals surface area contributed by atoms with Crippen LogP contribution in [0, 0.1) is 0 Å². The predicted octanol–water partition coefficient (Wildman–Crippen LogP) is 3.73. The summed E-state index contributed by atoms with van der Waals surface area (Å²) in [6.07, 6.45) is 5.07. The van der Waals surface area contributed by atoms with Gasteiger partial charge in [-0.15, -0.1) is 0 Å². The van der Waals surface area contributed by atoms with E-state index < -0.39 is 11.5 Å². The molecule has 2 aliphatic rings. The molecule has 6 nitrogen and oxygen atoms in total. The summed E-state index contributed by atoms with van der Waals surface area (Å²) in [4.78, 5) is 33.1. The Bertz CT molecular complexity index is 1260. The number of nitrogens with zero attached hydrogens (tertiary/aromatic N) is 1. The van der Waals surface area contributed by atoms with Crippen LogP contribution >= 0.6 is 0 Å². The molecule has 32 heavy (non-hydrogen) atoms. The van der Waals surface area contributed by atoms with E-state index in [1.54, 1.807) is 6.20 Å². The fraction of sp³-hybridized carbons (Fsp3) is 0.269. The number of nitrogens with one attached hydrogen (secondary N) is 2. The third-order valence-corrected chi connectivity index (χ3v) is 6.25. The van der Waals surface area contributed by atoms with Crippen LogP contribution in [-0.4, -0.2) is 38.9 Å². The molecule has 1 atom stereocenters. The molecular weight excluding hydrogens is 402 g/mol. The van der Waals surface area contributed by atoms with E-state index in [0.717, 1.165) is 45.8 Å². The number of fused-ring (bicyclic) bond motifs is 2. The van der Waals surface area contributed by atoms with Crippen LogP contribution in [0.5, 0.6) is 0 Å². The summed E-state index contributed by atoms with van der Waals surface area (Å²) in [5, 5.41) is 13.3. The van der Waals surface area contributed by atoms with Crippen molar-refractivity contribution in [2.24, 2.45) is 0 Å². The number of amides is 1. The third kappa shape index (κ3) is 3.56. The SMILES string of the molecule is CC(C)(O)C(=O)C1CC(c2cc(-c3cc4c([nH]3)CCNC4=O)ccn2)=Cc2ccccc21. The number of ketones is 1. The summed E-state index contributed by atoms with van der Waals surface area (Å²) < 4.78 is 0. The van der Waals surface area contributed by atoms with Gasteiger partial charge in [0.1, 0.15) is 5.60 Å². The van der Waals surface area contributed by atoms with Crippen LogP contribution in [0.3, 0.4) is 0 Å². The van der Waals surface area contributed by atoms with E-state index in [0.29, 0.717) is 18.5 Å². The Morgan fingerprint density at radius 3 is 2.78 bits per heavy atom. The van der Waals surface area contributed by atoms with Gasteiger partial charge in [-0.3, -0.25) is 14.6 Å². The van der Waals surface area contributed by atoms with Crippen LogP contribution in [0.25, 0.3) is 22.9 Å². The van der Waals surface area contributed by atoms with Crippen LogP contribution in [-0.2, 0) is 11.2 Å². The highest BCUT2D eigenvalue weighted by Gasteiger charge is 2.36. The molecule has 0 fully saturated rings. The maximum Gasteiger partial charge on any atom is 0.253 e. The lowest BCUT2D eigenvalue weighted by molar-refractivity contribution is -0.135. The zero-order valence-electron chi connectivity index (χ0n) is 18.1. The standard InChI is InChI=1S/C26H25N3O3/c1-26(2,32)24(30)19-12-17(11-15-5-3-4-6-18(15)19)22-13-16(7-9-27-22)23-14-20-21(29-23)8-10-28-25(20)31/h3-7,9,11,13-14,19,29,32H,8,10,12H2,1-2H3,(H,28,31). The lowest BCUT2D eigenvalue weighted by Crippen LogP contribution is -2.36. The first-order valence-corrected chi connectivity index (χ1v) is 10.8. The van der Waals surface area contributed by atoms with Crippen molar-refractivity contribution in [3.05, 3.63) is 76.7 Å². The second-order valence-corrected chi connectivity index (χ2v) is 8.99. The van der Waals surface area contributed by atoms with Crippen LogP contribution < -0.4 is 5.32 Å². The number of Topliss-reactive ketones (excluding diaryl/α,β-unsaturated/α-hetero) is 1. The van der Waals surface area contributed by atoms with Crippen molar-refractivity contribution in [1.29, 1.82) is 0 Å². The highest BCUT2D eigenvalue weighted by molar-refractivity contribution is 5.99. The van der Waals surface area contributed by atoms with Gasteiger partial charge in [-0.05, 0) is 61.2 Å². The molecule has 1 aromatic carbocycles. The number of carbonyl (C=O) groups is 2. The number of H-pyrrole nitrogens is 1. The van der Waals surface area contributed by atoms with Crippen molar-refractivity contribution in [3.8, 4) is 11.3 Å². The fourth-order valence-electron chi connectivity index (χ4n) is 4.60. The van der Waals surface area contributed by atoms with Gasteiger partial charge in [0.05, 0.1) is 17.2 Å². The summed E-state index contributed by atoms with van der Waals surface area (Å²) in [5.74, 6) is -0.685. The Kier molecular flexibility index (Phi) is 4.82. The van der Waals surface area contributed by atoms with Crippen molar-refractivity contribution in [2.45, 2.75) is 38.2 Å². The molecule has 0 saturated carbocycles. The second-order valence-electron chi connectivity index (χ2n) is 8.99. The molecule has 0 saturated heterocycles. The molecule has 162 valence electrons. The summed E-state index contributed by atoms with van der Waals surface area (Å²) in [7, 11) is 0. The predicted molar refractivity (Wildman–Crippen MR) is 123 cm³/mol. The topological polar surface area (TPSA) is 95.1 Å². The van der Waals surface area contributed by atoms with Gasteiger partial charge < -0.3 is 15.4 Å². The van der Waals surface area contributed by atoms with Gasteiger partial charge in [0.25, 0.3) is 5.91 Å². The number of aromatic amines is 1. The average Bonchev–Trinajstić information content (AvgIpc) is 3.23. The number of hydrogen-bond acceptors (Lipinski definition) is 4. The zero-order chi connectivity index (χ0) is 22.5. The van der Waals surface area contributed by atoms with E-state index in [-0.39, 0.29) is 11.7 Å². The minimum Gasteiger partial charge on any atom is -0.383 e. The Morgan fingerprint density at radius 2 is 2.00 bits per heavy atom. The van der Waals surface area contributed by atoms with Gasteiger partial charge in [0, 0.05) is 36.1 Å². The van der Waals surface area contributed by atoms with E-state index in [9.17, 15) is 14.7 Å². The maximum absolute atomic E-state index is 13.1. The number of allylic oxidation sites excluding steroid dienone is 1. The van der Waals surface area contributed by atoms with Crippen LogP contribution in [0.2, 0.25) is 0 Å². The third-order valence-electron chi connectivity index (χ3n) is 6.25. The molecule has 1 aliphatic carbocycles.